The molecular formula is C69H132O6. The first kappa shape index (κ1) is 76.9. The fourth-order valence-electron chi connectivity index (χ4n) is 9.71. The summed E-state index contributed by atoms with van der Waals surface area (Å²) in [6, 6.07) is 0. The molecule has 444 valence electrons. The van der Waals surface area contributed by atoms with Crippen molar-refractivity contribution in [3.05, 3.63) is 38.0 Å². The molecule has 0 spiro atoms. The normalized spacial score (nSPS) is 10.8. The molecule has 0 aromatic carbocycles. The van der Waals surface area contributed by atoms with Gasteiger partial charge in [0.05, 0.1) is 19.8 Å². The van der Waals surface area contributed by atoms with Crippen LogP contribution in [-0.2, 0) is 28.6 Å². The molecule has 6 heteroatoms. The van der Waals surface area contributed by atoms with E-state index in [1.54, 1.807) is 0 Å². The van der Waals surface area contributed by atoms with E-state index in [2.05, 4.69) is 40.5 Å². The average Bonchev–Trinajstić information content (AvgIpc) is 3.42. The van der Waals surface area contributed by atoms with Crippen LogP contribution in [0.1, 0.15) is 367 Å². The molecule has 0 rings (SSSR count). The number of ether oxygens (including phenoxy) is 3. The highest BCUT2D eigenvalue weighted by atomic mass is 16.5. The van der Waals surface area contributed by atoms with Crippen LogP contribution in [0.25, 0.3) is 0 Å². The van der Waals surface area contributed by atoms with Crippen molar-refractivity contribution < 1.29 is 28.6 Å². The van der Waals surface area contributed by atoms with Gasteiger partial charge in [-0.25, -0.2) is 14.4 Å². The van der Waals surface area contributed by atoms with E-state index >= 15 is 0 Å². The van der Waals surface area contributed by atoms with Gasteiger partial charge in [0.2, 0.25) is 0 Å². The van der Waals surface area contributed by atoms with Gasteiger partial charge in [-0.3, -0.25) is 0 Å². The standard InChI is InChI=1S/C25H48O2.C23H44O2.C21H40O2/c1-3-5-6-7-8-9-10-11-12-13-14-15-16-17-18-19-20-21-22-23-24-27-25(26)4-2;1-3-5-6-7-8-9-10-11-12-13-14-15-16-17-18-19-20-21-22-25-23(24)4-2;1-3-5-6-7-8-9-10-11-12-13-14-15-16-17-18-19-20-23-21(22)4-2/h4H,2-3,5-24H2,1H3;4H,2-3,5-22H2,1H3;4H,2-3,5-20H2,1H3. The number of rotatable bonds is 60. The van der Waals surface area contributed by atoms with E-state index < -0.39 is 0 Å². The van der Waals surface area contributed by atoms with Gasteiger partial charge in [-0.2, -0.15) is 0 Å². The van der Waals surface area contributed by atoms with Crippen molar-refractivity contribution in [1.29, 1.82) is 0 Å². The van der Waals surface area contributed by atoms with Crippen molar-refractivity contribution in [2.45, 2.75) is 367 Å². The van der Waals surface area contributed by atoms with Crippen LogP contribution in [0.4, 0.5) is 0 Å². The molecule has 0 aliphatic heterocycles. The molecule has 0 aliphatic rings. The summed E-state index contributed by atoms with van der Waals surface area (Å²) in [5.74, 6) is -0.897. The van der Waals surface area contributed by atoms with Crippen LogP contribution in [0.15, 0.2) is 38.0 Å². The number of unbranched alkanes of at least 4 members (excludes halogenated alkanes) is 51. The molecule has 0 fully saturated rings. The Hall–Kier alpha value is -2.37. The molecule has 0 aliphatic carbocycles. The van der Waals surface area contributed by atoms with Gasteiger partial charge in [-0.05, 0) is 19.3 Å². The Bertz CT molecular complexity index is 1130. The van der Waals surface area contributed by atoms with E-state index in [0.29, 0.717) is 19.8 Å². The first-order chi connectivity index (χ1) is 36.9. The summed E-state index contributed by atoms with van der Waals surface area (Å²) in [6.45, 7) is 18.6. The first-order valence-corrected chi connectivity index (χ1v) is 33.3. The zero-order valence-corrected chi connectivity index (χ0v) is 51.1. The smallest absolute Gasteiger partial charge is 0.330 e. The molecule has 0 bridgehead atoms. The third-order valence-corrected chi connectivity index (χ3v) is 14.7. The topological polar surface area (TPSA) is 78.9 Å². The lowest BCUT2D eigenvalue weighted by molar-refractivity contribution is -0.138. The van der Waals surface area contributed by atoms with E-state index in [1.165, 1.54) is 346 Å². The third kappa shape index (κ3) is 78.2. The van der Waals surface area contributed by atoms with Crippen molar-refractivity contribution in [2.24, 2.45) is 0 Å². The zero-order valence-electron chi connectivity index (χ0n) is 51.1. The minimum atomic E-state index is -0.300. The minimum Gasteiger partial charge on any atom is -0.463 e. The van der Waals surface area contributed by atoms with Crippen LogP contribution >= 0.6 is 0 Å². The molecule has 0 unspecified atom stereocenters. The van der Waals surface area contributed by atoms with Crippen molar-refractivity contribution in [3.8, 4) is 0 Å². The van der Waals surface area contributed by atoms with E-state index in [9.17, 15) is 14.4 Å². The summed E-state index contributed by atoms with van der Waals surface area (Å²) >= 11 is 0. The van der Waals surface area contributed by atoms with Gasteiger partial charge in [0.1, 0.15) is 0 Å². The SMILES string of the molecule is C=CC(=O)OCCCCCCCCCCCCCCCCCC.C=CC(=O)OCCCCCCCCCCCCCCCCCCCC.C=CC(=O)OCCCCCCCCCCCCCCCCCCCCCC. The number of esters is 3. The molecule has 0 radical (unpaired) electrons. The highest BCUT2D eigenvalue weighted by Crippen LogP contribution is 2.18. The molecule has 0 saturated heterocycles. The molecule has 0 amide bonds. The van der Waals surface area contributed by atoms with E-state index in [4.69, 9.17) is 14.2 Å². The van der Waals surface area contributed by atoms with E-state index in [1.807, 2.05) is 0 Å². The fraction of sp³-hybridized carbons (Fsp3) is 0.870. The number of carbonyl (C=O) groups is 3. The van der Waals surface area contributed by atoms with Gasteiger partial charge in [0.15, 0.2) is 0 Å². The largest absolute Gasteiger partial charge is 0.463 e. The van der Waals surface area contributed by atoms with Crippen LogP contribution in [0, 0.1) is 0 Å². The Morgan fingerprint density at radius 3 is 0.427 bits per heavy atom. The Morgan fingerprint density at radius 1 is 0.213 bits per heavy atom. The maximum absolute atomic E-state index is 10.9. The van der Waals surface area contributed by atoms with Gasteiger partial charge in [0, 0.05) is 18.2 Å². The molecule has 0 heterocycles. The Kier molecular flexibility index (Phi) is 75.5. The molecule has 0 saturated carbocycles. The predicted octanol–water partition coefficient (Wildman–Crippen LogP) is 23.3. The van der Waals surface area contributed by atoms with Gasteiger partial charge < -0.3 is 14.2 Å². The summed E-state index contributed by atoms with van der Waals surface area (Å²) in [5.41, 5.74) is 0. The van der Waals surface area contributed by atoms with Crippen LogP contribution < -0.4 is 0 Å². The molecule has 0 aromatic heterocycles. The quantitative estimate of drug-likeness (QED) is 0.0261. The second-order valence-electron chi connectivity index (χ2n) is 22.1. The highest BCUT2D eigenvalue weighted by Gasteiger charge is 2.01. The second kappa shape index (κ2) is 73.7. The fourth-order valence-corrected chi connectivity index (χ4v) is 9.71. The lowest BCUT2D eigenvalue weighted by Crippen LogP contribution is -2.01. The van der Waals surface area contributed by atoms with Crippen molar-refractivity contribution in [1.82, 2.24) is 0 Å². The van der Waals surface area contributed by atoms with Crippen LogP contribution in [0.5, 0.6) is 0 Å². The highest BCUT2D eigenvalue weighted by molar-refractivity contribution is 5.81. The predicted molar refractivity (Wildman–Crippen MR) is 330 cm³/mol. The van der Waals surface area contributed by atoms with Gasteiger partial charge in [0.25, 0.3) is 0 Å². The monoisotopic (exact) mass is 1060 g/mol. The van der Waals surface area contributed by atoms with Crippen LogP contribution in [-0.4, -0.2) is 37.7 Å². The third-order valence-electron chi connectivity index (χ3n) is 14.7. The van der Waals surface area contributed by atoms with Crippen molar-refractivity contribution >= 4 is 17.9 Å². The number of hydrogen-bond donors (Lipinski definition) is 0. The summed E-state index contributed by atoms with van der Waals surface area (Å²) in [5, 5.41) is 0. The van der Waals surface area contributed by atoms with Gasteiger partial charge >= 0.3 is 17.9 Å². The molecule has 0 aromatic rings. The average molecular weight is 1060 g/mol. The molecule has 6 nitrogen and oxygen atoms in total. The number of carbonyl (C=O) groups excluding carboxylic acids is 3. The first-order valence-electron chi connectivity index (χ1n) is 33.3. The van der Waals surface area contributed by atoms with E-state index in [-0.39, 0.29) is 17.9 Å². The van der Waals surface area contributed by atoms with Gasteiger partial charge in [-0.1, -0.05) is 368 Å². The molecule has 0 atom stereocenters. The summed E-state index contributed by atoms with van der Waals surface area (Å²) in [6.07, 6.45) is 77.8. The molecule has 0 N–H and O–H groups in total. The Labute approximate surface area is 469 Å². The zero-order chi connectivity index (χ0) is 55.3. The lowest BCUT2D eigenvalue weighted by atomic mass is 10.0. The minimum absolute atomic E-state index is 0.298. The number of hydrogen-bond acceptors (Lipinski definition) is 6. The summed E-state index contributed by atoms with van der Waals surface area (Å²) in [4.78, 5) is 32.6. The Balaban J connectivity index is -0.00000104. The van der Waals surface area contributed by atoms with Crippen molar-refractivity contribution in [2.75, 3.05) is 19.8 Å². The van der Waals surface area contributed by atoms with E-state index in [0.717, 1.165) is 19.3 Å². The van der Waals surface area contributed by atoms with Crippen LogP contribution in [0.3, 0.4) is 0 Å². The maximum atomic E-state index is 10.9. The summed E-state index contributed by atoms with van der Waals surface area (Å²) in [7, 11) is 0. The lowest BCUT2D eigenvalue weighted by Gasteiger charge is -2.04. The Morgan fingerprint density at radius 2 is 0.320 bits per heavy atom. The second-order valence-corrected chi connectivity index (χ2v) is 22.1. The van der Waals surface area contributed by atoms with Crippen molar-refractivity contribution in [3.63, 3.8) is 0 Å². The molecular weight excluding hydrogens is 925 g/mol. The van der Waals surface area contributed by atoms with Gasteiger partial charge in [-0.15, -0.1) is 0 Å². The molecule has 75 heavy (non-hydrogen) atoms. The summed E-state index contributed by atoms with van der Waals surface area (Å²) < 4.78 is 14.9. The van der Waals surface area contributed by atoms with Crippen LogP contribution in [0.2, 0.25) is 0 Å². The maximum Gasteiger partial charge on any atom is 0.330 e.